The van der Waals surface area contributed by atoms with Gasteiger partial charge >= 0.3 is 5.69 Å². The van der Waals surface area contributed by atoms with E-state index in [2.05, 4.69) is 4.57 Å². The highest BCUT2D eigenvalue weighted by atomic mass is 35.5. The van der Waals surface area contributed by atoms with Gasteiger partial charge in [-0.15, -0.1) is 0 Å². The Morgan fingerprint density at radius 1 is 1.00 bits per heavy atom. The molecule has 1 atom stereocenters. The maximum Gasteiger partial charge on any atom is 0.331 e. The van der Waals surface area contributed by atoms with Crippen molar-refractivity contribution in [2.75, 3.05) is 6.61 Å². The number of fused-ring (bicyclic) bond motifs is 3. The zero-order valence-electron chi connectivity index (χ0n) is 17.8. The van der Waals surface area contributed by atoms with E-state index in [9.17, 15) is 9.59 Å². The fraction of sp³-hybridized carbons (Fsp3) is 0.200. The molecule has 1 aliphatic rings. The minimum atomic E-state index is -0.398. The van der Waals surface area contributed by atoms with Crippen molar-refractivity contribution in [3.05, 3.63) is 97.8 Å². The molecule has 0 spiro atoms. The average molecular weight is 448 g/mol. The summed E-state index contributed by atoms with van der Waals surface area (Å²) in [6.45, 7) is 1.07. The van der Waals surface area contributed by atoms with Crippen molar-refractivity contribution in [3.8, 4) is 11.3 Å². The predicted molar refractivity (Wildman–Crippen MR) is 127 cm³/mol. The molecule has 0 bridgehead atoms. The average Bonchev–Trinajstić information content (AvgIpc) is 3.17. The van der Waals surface area contributed by atoms with Crippen LogP contribution >= 0.6 is 11.6 Å². The summed E-state index contributed by atoms with van der Waals surface area (Å²) in [6, 6.07) is 17.4. The third kappa shape index (κ3) is 3.23. The third-order valence-corrected chi connectivity index (χ3v) is 6.22. The second-order valence-electron chi connectivity index (χ2n) is 7.88. The third-order valence-electron chi connectivity index (χ3n) is 5.97. The molecule has 0 saturated carbocycles. The van der Waals surface area contributed by atoms with Crippen molar-refractivity contribution in [1.82, 2.24) is 13.7 Å². The van der Waals surface area contributed by atoms with E-state index >= 15 is 0 Å². The summed E-state index contributed by atoms with van der Waals surface area (Å²) in [5.74, 6) is 0. The fourth-order valence-electron chi connectivity index (χ4n) is 4.43. The summed E-state index contributed by atoms with van der Waals surface area (Å²) in [5.41, 5.74) is 3.42. The summed E-state index contributed by atoms with van der Waals surface area (Å²) >= 11 is 6.11. The van der Waals surface area contributed by atoms with Crippen LogP contribution in [0.15, 0.2) is 70.3 Å². The molecule has 7 heteroatoms. The van der Waals surface area contributed by atoms with Crippen LogP contribution in [0.25, 0.3) is 28.2 Å². The van der Waals surface area contributed by atoms with Gasteiger partial charge in [-0.1, -0.05) is 60.1 Å². The number of aromatic nitrogens is 3. The molecule has 0 amide bonds. The highest BCUT2D eigenvalue weighted by Crippen LogP contribution is 2.38. The number of hydrogen-bond donors (Lipinski definition) is 0. The number of halogens is 1. The van der Waals surface area contributed by atoms with Crippen LogP contribution in [-0.2, 0) is 25.4 Å². The molecule has 2 aromatic carbocycles. The summed E-state index contributed by atoms with van der Waals surface area (Å²) in [6.07, 6.45) is 3.58. The largest absolute Gasteiger partial charge is 0.366 e. The first-order valence-electron chi connectivity index (χ1n) is 10.4. The van der Waals surface area contributed by atoms with Gasteiger partial charge in [-0.25, -0.2) is 4.79 Å². The number of rotatable bonds is 3. The number of benzene rings is 2. The van der Waals surface area contributed by atoms with Crippen LogP contribution in [0.2, 0.25) is 5.02 Å². The Morgan fingerprint density at radius 2 is 1.72 bits per heavy atom. The topological polar surface area (TPSA) is 58.2 Å². The molecule has 3 heterocycles. The minimum absolute atomic E-state index is 0.319. The van der Waals surface area contributed by atoms with Crippen molar-refractivity contribution >= 4 is 28.6 Å². The molecule has 6 nitrogen and oxygen atoms in total. The van der Waals surface area contributed by atoms with Gasteiger partial charge in [-0.3, -0.25) is 13.9 Å². The van der Waals surface area contributed by atoms with Crippen molar-refractivity contribution < 1.29 is 4.74 Å². The zero-order valence-corrected chi connectivity index (χ0v) is 18.5. The van der Waals surface area contributed by atoms with Gasteiger partial charge in [0.25, 0.3) is 5.56 Å². The van der Waals surface area contributed by atoms with Crippen LogP contribution < -0.4 is 11.2 Å². The Hall–Kier alpha value is -3.35. The van der Waals surface area contributed by atoms with Crippen LogP contribution in [0.3, 0.4) is 0 Å². The van der Waals surface area contributed by atoms with Gasteiger partial charge in [-0.2, -0.15) is 0 Å². The fourth-order valence-corrected chi connectivity index (χ4v) is 4.55. The minimum Gasteiger partial charge on any atom is -0.366 e. The first-order valence-corrected chi connectivity index (χ1v) is 10.8. The van der Waals surface area contributed by atoms with Crippen LogP contribution in [0.5, 0.6) is 0 Å². The predicted octanol–water partition coefficient (Wildman–Crippen LogP) is 4.14. The Morgan fingerprint density at radius 3 is 2.44 bits per heavy atom. The lowest BCUT2D eigenvalue weighted by Gasteiger charge is -2.25. The van der Waals surface area contributed by atoms with E-state index in [1.54, 1.807) is 23.7 Å². The lowest BCUT2D eigenvalue weighted by Crippen LogP contribution is -2.37. The summed E-state index contributed by atoms with van der Waals surface area (Å²) < 4.78 is 10.9. The number of nitrogens with zero attached hydrogens (tertiary/aromatic N) is 3. The van der Waals surface area contributed by atoms with Crippen LogP contribution in [0.1, 0.15) is 17.4 Å². The van der Waals surface area contributed by atoms with Crippen molar-refractivity contribution in [2.45, 2.75) is 12.6 Å². The van der Waals surface area contributed by atoms with E-state index in [1.165, 1.54) is 7.05 Å². The second kappa shape index (κ2) is 7.97. The van der Waals surface area contributed by atoms with Gasteiger partial charge in [0.05, 0.1) is 28.9 Å². The smallest absolute Gasteiger partial charge is 0.331 e. The molecule has 0 saturated heterocycles. The normalized spacial score (nSPS) is 16.0. The van der Waals surface area contributed by atoms with Gasteiger partial charge in [-0.05, 0) is 29.3 Å². The molecular formula is C25H22ClN3O3. The summed E-state index contributed by atoms with van der Waals surface area (Å²) in [4.78, 5) is 26.1. The van der Waals surface area contributed by atoms with Crippen molar-refractivity contribution in [1.29, 1.82) is 0 Å². The lowest BCUT2D eigenvalue weighted by atomic mass is 10.1. The maximum absolute atomic E-state index is 13.3. The van der Waals surface area contributed by atoms with E-state index in [0.29, 0.717) is 29.1 Å². The monoisotopic (exact) mass is 447 g/mol. The van der Waals surface area contributed by atoms with Crippen LogP contribution in [-0.4, -0.2) is 20.3 Å². The Bertz CT molecular complexity index is 1460. The number of hydrogen-bond acceptors (Lipinski definition) is 3. The lowest BCUT2D eigenvalue weighted by molar-refractivity contribution is 0.0532. The highest BCUT2D eigenvalue weighted by molar-refractivity contribution is 6.30. The second-order valence-corrected chi connectivity index (χ2v) is 8.32. The van der Waals surface area contributed by atoms with E-state index in [1.807, 2.05) is 54.6 Å². The van der Waals surface area contributed by atoms with Gasteiger partial charge < -0.3 is 9.30 Å². The highest BCUT2D eigenvalue weighted by Gasteiger charge is 2.31. The van der Waals surface area contributed by atoms with E-state index in [-0.39, 0.29) is 11.2 Å². The molecule has 0 N–H and O–H groups in total. The van der Waals surface area contributed by atoms with Crippen molar-refractivity contribution in [2.24, 2.45) is 14.1 Å². The molecule has 4 aromatic rings. The molecule has 2 aromatic heterocycles. The first-order chi connectivity index (χ1) is 15.5. The maximum atomic E-state index is 13.3. The summed E-state index contributed by atoms with van der Waals surface area (Å²) in [7, 11) is 3.21. The van der Waals surface area contributed by atoms with E-state index < -0.39 is 6.10 Å². The van der Waals surface area contributed by atoms with Crippen molar-refractivity contribution in [3.63, 3.8) is 0 Å². The SMILES string of the molecule is Cn1c(=O)c2c(-c3ccc(Cl)cc3)n3c(c2n(C)c1=O)[C@@H](/C=C/c1ccccc1)OCC3. The van der Waals surface area contributed by atoms with E-state index in [0.717, 1.165) is 27.1 Å². The molecule has 162 valence electrons. The van der Waals surface area contributed by atoms with Gasteiger partial charge in [0, 0.05) is 25.7 Å². The molecule has 0 radical (unpaired) electrons. The Labute approximate surface area is 189 Å². The van der Waals surface area contributed by atoms with E-state index in [4.69, 9.17) is 16.3 Å². The van der Waals surface area contributed by atoms with Gasteiger partial charge in [0.1, 0.15) is 6.10 Å². The Balaban J connectivity index is 1.83. The van der Waals surface area contributed by atoms with Crippen LogP contribution in [0, 0.1) is 0 Å². The first kappa shape index (κ1) is 20.5. The quantitative estimate of drug-likeness (QED) is 0.474. The van der Waals surface area contributed by atoms with Gasteiger partial charge in [0.15, 0.2) is 0 Å². The van der Waals surface area contributed by atoms with Gasteiger partial charge in [0.2, 0.25) is 0 Å². The molecule has 0 unspecified atom stereocenters. The standard InChI is InChI=1S/C25H22ClN3O3/c1-27-23-20(24(30)28(2)25(27)31)21(17-9-11-18(26)12-10-17)29-14-15-32-19(22(23)29)13-8-16-6-4-3-5-7-16/h3-13,19H,14-15H2,1-2H3/b13-8+/t19-/m1/s1. The molecule has 5 rings (SSSR count). The number of aryl methyl sites for hydroxylation is 1. The zero-order chi connectivity index (χ0) is 22.4. The molecule has 0 fully saturated rings. The summed E-state index contributed by atoms with van der Waals surface area (Å²) in [5, 5.41) is 1.13. The molecule has 1 aliphatic heterocycles. The molecule has 32 heavy (non-hydrogen) atoms. The molecule has 0 aliphatic carbocycles. The van der Waals surface area contributed by atoms with Crippen LogP contribution in [0.4, 0.5) is 0 Å². The molecular weight excluding hydrogens is 426 g/mol. The number of ether oxygens (including phenoxy) is 1. The Kier molecular flexibility index (Phi) is 5.12.